The fourth-order valence-electron chi connectivity index (χ4n) is 1.65. The molecule has 0 saturated heterocycles. The predicted molar refractivity (Wildman–Crippen MR) is 51.9 cm³/mol. The molecule has 2 N–H and O–H groups in total. The van der Waals surface area contributed by atoms with E-state index in [0.29, 0.717) is 11.5 Å². The lowest BCUT2D eigenvalue weighted by molar-refractivity contribution is 0.0368. The summed E-state index contributed by atoms with van der Waals surface area (Å²) >= 11 is 0. The Kier molecular flexibility index (Phi) is 2.49. The van der Waals surface area contributed by atoms with Gasteiger partial charge in [0.2, 0.25) is 0 Å². The zero-order chi connectivity index (χ0) is 9.97. The number of nitrogens with two attached hydrogens (primary N) is 1. The van der Waals surface area contributed by atoms with Gasteiger partial charge in [-0.3, -0.25) is 4.84 Å². The summed E-state index contributed by atoms with van der Waals surface area (Å²) in [6.07, 6.45) is 2.29. The summed E-state index contributed by atoms with van der Waals surface area (Å²) < 4.78 is 0. The molecule has 0 bridgehead atoms. The van der Waals surface area contributed by atoms with Crippen molar-refractivity contribution < 1.29 is 4.84 Å². The Morgan fingerprint density at radius 2 is 2.29 bits per heavy atom. The van der Waals surface area contributed by atoms with Crippen molar-refractivity contribution in [3.05, 3.63) is 35.4 Å². The van der Waals surface area contributed by atoms with E-state index in [0.717, 1.165) is 5.56 Å². The van der Waals surface area contributed by atoms with E-state index in [-0.39, 0.29) is 6.10 Å². The van der Waals surface area contributed by atoms with Crippen molar-refractivity contribution in [2.75, 3.05) is 0 Å². The molecule has 1 aliphatic carbocycles. The standard InChI is InChI=1S/C11H12N2O/c12-7-8-2-1-3-10(6-8)11(14-13)9-4-5-9/h1-3,6,9,11H,4-5,13H2. The second-order valence-corrected chi connectivity index (χ2v) is 3.63. The summed E-state index contributed by atoms with van der Waals surface area (Å²) in [5.41, 5.74) is 1.67. The van der Waals surface area contributed by atoms with E-state index in [1.807, 2.05) is 18.2 Å². The van der Waals surface area contributed by atoms with Crippen LogP contribution in [-0.2, 0) is 4.84 Å². The van der Waals surface area contributed by atoms with Gasteiger partial charge in [0.1, 0.15) is 6.10 Å². The monoisotopic (exact) mass is 188 g/mol. The first kappa shape index (κ1) is 9.20. The maximum Gasteiger partial charge on any atom is 0.107 e. The van der Waals surface area contributed by atoms with Gasteiger partial charge in [0.15, 0.2) is 0 Å². The Balaban J connectivity index is 2.25. The second kappa shape index (κ2) is 3.79. The van der Waals surface area contributed by atoms with Gasteiger partial charge in [-0.15, -0.1) is 0 Å². The summed E-state index contributed by atoms with van der Waals surface area (Å²) in [4.78, 5) is 4.95. The van der Waals surface area contributed by atoms with Crippen LogP contribution in [0.15, 0.2) is 24.3 Å². The highest BCUT2D eigenvalue weighted by Gasteiger charge is 2.33. The second-order valence-electron chi connectivity index (χ2n) is 3.63. The molecule has 72 valence electrons. The van der Waals surface area contributed by atoms with Crippen molar-refractivity contribution in [1.29, 1.82) is 5.26 Å². The van der Waals surface area contributed by atoms with Crippen LogP contribution in [0.2, 0.25) is 0 Å². The molecule has 1 saturated carbocycles. The third kappa shape index (κ3) is 1.77. The van der Waals surface area contributed by atoms with Gasteiger partial charge in [-0.2, -0.15) is 5.26 Å². The average Bonchev–Trinajstić information content (AvgIpc) is 3.04. The van der Waals surface area contributed by atoms with Crippen LogP contribution < -0.4 is 5.90 Å². The van der Waals surface area contributed by atoms with Crippen LogP contribution in [-0.4, -0.2) is 0 Å². The summed E-state index contributed by atoms with van der Waals surface area (Å²) in [5.74, 6) is 5.79. The first-order valence-electron chi connectivity index (χ1n) is 4.70. The lowest BCUT2D eigenvalue weighted by Crippen LogP contribution is -2.11. The van der Waals surface area contributed by atoms with Crippen LogP contribution in [0.25, 0.3) is 0 Å². The highest BCUT2D eigenvalue weighted by atomic mass is 16.6. The molecule has 1 aliphatic rings. The van der Waals surface area contributed by atoms with Gasteiger partial charge in [-0.1, -0.05) is 12.1 Å². The van der Waals surface area contributed by atoms with Gasteiger partial charge in [0.05, 0.1) is 11.6 Å². The summed E-state index contributed by atoms with van der Waals surface area (Å²) in [7, 11) is 0. The number of hydrogen-bond donors (Lipinski definition) is 1. The summed E-state index contributed by atoms with van der Waals surface area (Å²) in [5, 5.41) is 8.75. The minimum absolute atomic E-state index is 0.0386. The average molecular weight is 188 g/mol. The van der Waals surface area contributed by atoms with Crippen LogP contribution in [0.4, 0.5) is 0 Å². The van der Waals surface area contributed by atoms with Gasteiger partial charge in [-0.25, -0.2) is 5.90 Å². The molecular weight excluding hydrogens is 176 g/mol. The molecule has 0 amide bonds. The van der Waals surface area contributed by atoms with E-state index >= 15 is 0 Å². The van der Waals surface area contributed by atoms with Crippen molar-refractivity contribution in [2.45, 2.75) is 18.9 Å². The molecule has 1 aromatic rings. The fraction of sp³-hybridized carbons (Fsp3) is 0.364. The Labute approximate surface area is 83.1 Å². The smallest absolute Gasteiger partial charge is 0.107 e. The molecular formula is C11H12N2O. The molecule has 1 fully saturated rings. The van der Waals surface area contributed by atoms with E-state index in [4.69, 9.17) is 16.0 Å². The number of nitriles is 1. The number of rotatable bonds is 3. The van der Waals surface area contributed by atoms with Crippen LogP contribution in [0.1, 0.15) is 30.1 Å². The quantitative estimate of drug-likeness (QED) is 0.737. The molecule has 1 atom stereocenters. The van der Waals surface area contributed by atoms with E-state index in [9.17, 15) is 0 Å². The van der Waals surface area contributed by atoms with E-state index in [2.05, 4.69) is 6.07 Å². The summed E-state index contributed by atoms with van der Waals surface area (Å²) in [6.45, 7) is 0. The molecule has 3 nitrogen and oxygen atoms in total. The summed E-state index contributed by atoms with van der Waals surface area (Å²) in [6, 6.07) is 9.55. The highest BCUT2D eigenvalue weighted by molar-refractivity contribution is 5.34. The Hall–Kier alpha value is -1.37. The van der Waals surface area contributed by atoms with Crippen molar-refractivity contribution in [3.63, 3.8) is 0 Å². The SMILES string of the molecule is N#Cc1cccc(C(ON)C2CC2)c1. The van der Waals surface area contributed by atoms with Gasteiger partial charge in [0.25, 0.3) is 0 Å². The van der Waals surface area contributed by atoms with Crippen molar-refractivity contribution in [2.24, 2.45) is 11.8 Å². The van der Waals surface area contributed by atoms with Gasteiger partial charge < -0.3 is 0 Å². The van der Waals surface area contributed by atoms with Crippen LogP contribution >= 0.6 is 0 Å². The molecule has 2 rings (SSSR count). The van der Waals surface area contributed by atoms with Gasteiger partial charge >= 0.3 is 0 Å². The fourth-order valence-corrected chi connectivity index (χ4v) is 1.65. The molecule has 0 radical (unpaired) electrons. The molecule has 1 aromatic carbocycles. The minimum atomic E-state index is -0.0386. The third-order valence-electron chi connectivity index (χ3n) is 2.54. The van der Waals surface area contributed by atoms with Crippen LogP contribution in [0, 0.1) is 17.2 Å². The number of hydrogen-bond acceptors (Lipinski definition) is 3. The Morgan fingerprint density at radius 1 is 1.50 bits per heavy atom. The number of benzene rings is 1. The highest BCUT2D eigenvalue weighted by Crippen LogP contribution is 2.42. The van der Waals surface area contributed by atoms with E-state index in [1.54, 1.807) is 6.07 Å². The molecule has 0 spiro atoms. The maximum atomic E-state index is 8.75. The molecule has 0 aliphatic heterocycles. The van der Waals surface area contributed by atoms with E-state index in [1.165, 1.54) is 12.8 Å². The lowest BCUT2D eigenvalue weighted by atomic mass is 10.0. The molecule has 14 heavy (non-hydrogen) atoms. The minimum Gasteiger partial charge on any atom is -0.296 e. The van der Waals surface area contributed by atoms with Gasteiger partial charge in [-0.05, 0) is 36.5 Å². The van der Waals surface area contributed by atoms with Gasteiger partial charge in [0, 0.05) is 0 Å². The predicted octanol–water partition coefficient (Wildman–Crippen LogP) is 1.90. The first-order valence-corrected chi connectivity index (χ1v) is 4.70. The topological polar surface area (TPSA) is 59.0 Å². The van der Waals surface area contributed by atoms with E-state index < -0.39 is 0 Å². The Morgan fingerprint density at radius 3 is 2.86 bits per heavy atom. The van der Waals surface area contributed by atoms with Crippen molar-refractivity contribution in [1.82, 2.24) is 0 Å². The van der Waals surface area contributed by atoms with Crippen LogP contribution in [0.5, 0.6) is 0 Å². The first-order chi connectivity index (χ1) is 6.85. The third-order valence-corrected chi connectivity index (χ3v) is 2.54. The lowest BCUT2D eigenvalue weighted by Gasteiger charge is -2.13. The Bertz CT molecular complexity index is 366. The molecule has 1 unspecified atom stereocenters. The zero-order valence-corrected chi connectivity index (χ0v) is 7.81. The normalized spacial score (nSPS) is 17.4. The molecule has 0 heterocycles. The van der Waals surface area contributed by atoms with Crippen LogP contribution in [0.3, 0.4) is 0 Å². The van der Waals surface area contributed by atoms with Crippen molar-refractivity contribution >= 4 is 0 Å². The number of nitrogens with zero attached hydrogens (tertiary/aromatic N) is 1. The van der Waals surface area contributed by atoms with Crippen molar-refractivity contribution in [3.8, 4) is 6.07 Å². The largest absolute Gasteiger partial charge is 0.296 e. The zero-order valence-electron chi connectivity index (χ0n) is 7.81. The molecule has 3 heteroatoms. The molecule has 0 aromatic heterocycles. The maximum absolute atomic E-state index is 8.75.